The van der Waals surface area contributed by atoms with Crippen molar-refractivity contribution in [2.24, 2.45) is 0 Å². The Labute approximate surface area is 121 Å². The zero-order chi connectivity index (χ0) is 13.8. The summed E-state index contributed by atoms with van der Waals surface area (Å²) in [6.07, 6.45) is 1.70. The topological polar surface area (TPSA) is 42.2 Å². The number of nitrogens with zero attached hydrogens (tertiary/aromatic N) is 3. The maximum atomic E-state index is 5.44. The Morgan fingerprint density at radius 2 is 1.95 bits per heavy atom. The van der Waals surface area contributed by atoms with Gasteiger partial charge in [0.2, 0.25) is 5.13 Å². The molecule has 0 aliphatic carbocycles. The monoisotopic (exact) mass is 285 g/mol. The predicted molar refractivity (Wildman–Crippen MR) is 79.7 cm³/mol. The lowest BCUT2D eigenvalue weighted by atomic mass is 10.2. The van der Waals surface area contributed by atoms with E-state index in [2.05, 4.69) is 26.4 Å². The van der Waals surface area contributed by atoms with E-state index in [9.17, 15) is 0 Å². The number of aryl methyl sites for hydroxylation is 1. The molecule has 3 aromatic rings. The number of hydrogen-bond donors (Lipinski definition) is 0. The van der Waals surface area contributed by atoms with Gasteiger partial charge in [0.25, 0.3) is 0 Å². The third kappa shape index (κ3) is 3.05. The molecule has 0 radical (unpaired) electrons. The Bertz CT molecular complexity index is 649. The van der Waals surface area contributed by atoms with E-state index in [4.69, 9.17) is 4.42 Å². The summed E-state index contributed by atoms with van der Waals surface area (Å²) >= 11 is 1.42. The fraction of sp³-hybridized carbons (Fsp3) is 0.200. The minimum Gasteiger partial charge on any atom is -0.467 e. The van der Waals surface area contributed by atoms with E-state index in [0.717, 1.165) is 23.3 Å². The second kappa shape index (κ2) is 5.88. The molecule has 2 aromatic heterocycles. The van der Waals surface area contributed by atoms with Crippen molar-refractivity contribution in [2.45, 2.75) is 20.0 Å². The standard InChI is InChI=1S/C15H15N3OS/c1-12-16-15(20-17-12)18(11-14-8-5-9-19-14)10-13-6-3-2-4-7-13/h2-9H,10-11H2,1H3. The molecule has 0 saturated heterocycles. The average Bonchev–Trinajstić information content (AvgIpc) is 3.11. The van der Waals surface area contributed by atoms with E-state index in [-0.39, 0.29) is 0 Å². The van der Waals surface area contributed by atoms with Crippen molar-refractivity contribution in [1.29, 1.82) is 0 Å². The Morgan fingerprint density at radius 1 is 1.10 bits per heavy atom. The van der Waals surface area contributed by atoms with E-state index < -0.39 is 0 Å². The summed E-state index contributed by atoms with van der Waals surface area (Å²) in [5, 5.41) is 0.919. The van der Waals surface area contributed by atoms with E-state index in [1.165, 1.54) is 17.1 Å². The molecule has 0 aliphatic rings. The lowest BCUT2D eigenvalue weighted by molar-refractivity contribution is 0.501. The van der Waals surface area contributed by atoms with Gasteiger partial charge >= 0.3 is 0 Å². The first-order chi connectivity index (χ1) is 9.81. The molecule has 102 valence electrons. The van der Waals surface area contributed by atoms with Gasteiger partial charge < -0.3 is 9.32 Å². The molecule has 3 rings (SSSR count). The molecular weight excluding hydrogens is 270 g/mol. The summed E-state index contributed by atoms with van der Waals surface area (Å²) in [6, 6.07) is 14.2. The summed E-state index contributed by atoms with van der Waals surface area (Å²) in [6.45, 7) is 3.39. The molecule has 0 N–H and O–H groups in total. The van der Waals surface area contributed by atoms with Crippen molar-refractivity contribution >= 4 is 16.7 Å². The van der Waals surface area contributed by atoms with Crippen LogP contribution >= 0.6 is 11.5 Å². The van der Waals surface area contributed by atoms with Crippen LogP contribution in [0.25, 0.3) is 0 Å². The van der Waals surface area contributed by atoms with E-state index in [1.807, 2.05) is 37.3 Å². The molecule has 0 fully saturated rings. The molecule has 0 spiro atoms. The minimum absolute atomic E-state index is 0.691. The van der Waals surface area contributed by atoms with Crippen molar-refractivity contribution in [2.75, 3.05) is 4.90 Å². The van der Waals surface area contributed by atoms with Crippen LogP contribution in [0.5, 0.6) is 0 Å². The van der Waals surface area contributed by atoms with Gasteiger partial charge in [-0.25, -0.2) is 4.98 Å². The first kappa shape index (κ1) is 12.9. The Hall–Kier alpha value is -2.14. The molecule has 0 bridgehead atoms. The molecule has 0 unspecified atom stereocenters. The van der Waals surface area contributed by atoms with Crippen LogP contribution in [0.3, 0.4) is 0 Å². The molecular formula is C15H15N3OS. The smallest absolute Gasteiger partial charge is 0.205 e. The van der Waals surface area contributed by atoms with E-state index in [1.54, 1.807) is 6.26 Å². The van der Waals surface area contributed by atoms with Crippen LogP contribution in [0.2, 0.25) is 0 Å². The summed E-state index contributed by atoms with van der Waals surface area (Å²) in [5.41, 5.74) is 1.24. The molecule has 5 heteroatoms. The molecule has 0 aliphatic heterocycles. The quantitative estimate of drug-likeness (QED) is 0.717. The number of anilines is 1. The van der Waals surface area contributed by atoms with Crippen LogP contribution in [0.15, 0.2) is 53.1 Å². The van der Waals surface area contributed by atoms with Crippen molar-refractivity contribution in [3.8, 4) is 0 Å². The highest BCUT2D eigenvalue weighted by atomic mass is 32.1. The second-order valence-electron chi connectivity index (χ2n) is 4.55. The van der Waals surface area contributed by atoms with Crippen LogP contribution in [-0.2, 0) is 13.1 Å². The van der Waals surface area contributed by atoms with Gasteiger partial charge in [0.05, 0.1) is 12.8 Å². The molecule has 2 heterocycles. The minimum atomic E-state index is 0.691. The van der Waals surface area contributed by atoms with Crippen molar-refractivity contribution < 1.29 is 4.42 Å². The van der Waals surface area contributed by atoms with Crippen molar-refractivity contribution in [1.82, 2.24) is 9.36 Å². The highest BCUT2D eigenvalue weighted by Crippen LogP contribution is 2.22. The maximum absolute atomic E-state index is 5.44. The lowest BCUT2D eigenvalue weighted by Gasteiger charge is -2.20. The molecule has 4 nitrogen and oxygen atoms in total. The number of rotatable bonds is 5. The average molecular weight is 285 g/mol. The van der Waals surface area contributed by atoms with E-state index in [0.29, 0.717) is 6.54 Å². The van der Waals surface area contributed by atoms with Gasteiger partial charge in [-0.3, -0.25) is 0 Å². The van der Waals surface area contributed by atoms with Gasteiger partial charge in [-0.05, 0) is 24.6 Å². The first-order valence-corrected chi connectivity index (χ1v) is 7.20. The van der Waals surface area contributed by atoms with E-state index >= 15 is 0 Å². The van der Waals surface area contributed by atoms with Crippen LogP contribution in [-0.4, -0.2) is 9.36 Å². The van der Waals surface area contributed by atoms with Crippen LogP contribution in [0.4, 0.5) is 5.13 Å². The highest BCUT2D eigenvalue weighted by Gasteiger charge is 2.14. The molecule has 20 heavy (non-hydrogen) atoms. The fourth-order valence-electron chi connectivity index (χ4n) is 2.00. The number of benzene rings is 1. The van der Waals surface area contributed by atoms with Crippen molar-refractivity contribution in [3.05, 3.63) is 65.9 Å². The number of aromatic nitrogens is 2. The SMILES string of the molecule is Cc1nsc(N(Cc2ccccc2)Cc2ccco2)n1. The second-order valence-corrected chi connectivity index (χ2v) is 5.28. The van der Waals surface area contributed by atoms with Crippen LogP contribution in [0.1, 0.15) is 17.1 Å². The van der Waals surface area contributed by atoms with Gasteiger partial charge in [0.15, 0.2) is 0 Å². The maximum Gasteiger partial charge on any atom is 0.205 e. The fourth-order valence-corrected chi connectivity index (χ4v) is 2.67. The van der Waals surface area contributed by atoms with Gasteiger partial charge in [-0.1, -0.05) is 30.3 Å². The molecule has 1 aromatic carbocycles. The Kier molecular flexibility index (Phi) is 3.78. The zero-order valence-corrected chi connectivity index (χ0v) is 12.0. The van der Waals surface area contributed by atoms with Crippen molar-refractivity contribution in [3.63, 3.8) is 0 Å². The number of hydrogen-bond acceptors (Lipinski definition) is 5. The summed E-state index contributed by atoms with van der Waals surface area (Å²) < 4.78 is 9.71. The third-order valence-corrected chi connectivity index (χ3v) is 3.80. The molecule has 0 saturated carbocycles. The van der Waals surface area contributed by atoms with Crippen LogP contribution in [0, 0.1) is 6.92 Å². The summed E-state index contributed by atoms with van der Waals surface area (Å²) in [5.74, 6) is 1.73. The Balaban J connectivity index is 1.83. The highest BCUT2D eigenvalue weighted by molar-refractivity contribution is 7.09. The Morgan fingerprint density at radius 3 is 2.60 bits per heavy atom. The van der Waals surface area contributed by atoms with Gasteiger partial charge in [-0.15, -0.1) is 0 Å². The van der Waals surface area contributed by atoms with Gasteiger partial charge in [0, 0.05) is 18.1 Å². The largest absolute Gasteiger partial charge is 0.467 e. The zero-order valence-electron chi connectivity index (χ0n) is 11.2. The number of furan rings is 1. The summed E-state index contributed by atoms with van der Waals surface area (Å²) in [7, 11) is 0. The predicted octanol–water partition coefficient (Wildman–Crippen LogP) is 3.65. The molecule has 0 amide bonds. The summed E-state index contributed by atoms with van der Waals surface area (Å²) in [4.78, 5) is 6.66. The lowest BCUT2D eigenvalue weighted by Crippen LogP contribution is -2.21. The normalized spacial score (nSPS) is 10.7. The van der Waals surface area contributed by atoms with Crippen LogP contribution < -0.4 is 4.90 Å². The first-order valence-electron chi connectivity index (χ1n) is 6.43. The van der Waals surface area contributed by atoms with Gasteiger partial charge in [-0.2, -0.15) is 4.37 Å². The molecule has 0 atom stereocenters. The van der Waals surface area contributed by atoms with Gasteiger partial charge in [0.1, 0.15) is 11.6 Å². The third-order valence-electron chi connectivity index (χ3n) is 2.93.